The van der Waals surface area contributed by atoms with Crippen LogP contribution < -0.4 is 5.32 Å². The molecule has 1 rings (SSSR count). The summed E-state index contributed by atoms with van der Waals surface area (Å²) in [6.45, 7) is 3.64. The summed E-state index contributed by atoms with van der Waals surface area (Å²) in [5, 5.41) is 12.6. The number of methoxy groups -OCH3 is 1. The molecule has 0 saturated carbocycles. The molecule has 1 amide bonds. The fraction of sp³-hybridized carbons (Fsp3) is 0.923. The molecule has 1 heterocycles. The molecule has 1 saturated heterocycles. The quantitative estimate of drug-likeness (QED) is 0.561. The third kappa shape index (κ3) is 7.47. The van der Waals surface area contributed by atoms with E-state index in [9.17, 15) is 9.90 Å². The van der Waals surface area contributed by atoms with Gasteiger partial charge in [-0.1, -0.05) is 0 Å². The largest absolute Gasteiger partial charge is 0.389 e. The van der Waals surface area contributed by atoms with Crippen molar-refractivity contribution >= 4 is 5.91 Å². The molecular formula is C13H26N2O4. The Morgan fingerprint density at radius 3 is 2.74 bits per heavy atom. The minimum absolute atomic E-state index is 0.118. The summed E-state index contributed by atoms with van der Waals surface area (Å²) in [5.74, 6) is 0.118. The first-order chi connectivity index (χ1) is 9.24. The Morgan fingerprint density at radius 2 is 2.05 bits per heavy atom. The second-order valence-electron chi connectivity index (χ2n) is 4.79. The van der Waals surface area contributed by atoms with Gasteiger partial charge in [0, 0.05) is 26.7 Å². The predicted molar refractivity (Wildman–Crippen MR) is 72.0 cm³/mol. The molecule has 6 nitrogen and oxygen atoms in total. The van der Waals surface area contributed by atoms with Crippen molar-refractivity contribution in [2.75, 3.05) is 53.1 Å². The molecule has 0 radical (unpaired) electrons. The van der Waals surface area contributed by atoms with Crippen molar-refractivity contribution in [1.29, 1.82) is 0 Å². The van der Waals surface area contributed by atoms with Crippen LogP contribution in [0.3, 0.4) is 0 Å². The highest BCUT2D eigenvalue weighted by molar-refractivity contribution is 5.78. The SMILES string of the molecule is COCCOCC(O)CNCC(=O)N1CCCCC1. The molecule has 19 heavy (non-hydrogen) atoms. The van der Waals surface area contributed by atoms with Crippen LogP contribution in [-0.2, 0) is 14.3 Å². The van der Waals surface area contributed by atoms with Crippen LogP contribution in [0.2, 0.25) is 0 Å². The van der Waals surface area contributed by atoms with Crippen molar-refractivity contribution in [3.05, 3.63) is 0 Å². The standard InChI is InChI=1S/C13H26N2O4/c1-18-7-8-19-11-12(16)9-14-10-13(17)15-5-3-2-4-6-15/h12,14,16H,2-11H2,1H3. The van der Waals surface area contributed by atoms with Crippen molar-refractivity contribution in [3.63, 3.8) is 0 Å². The van der Waals surface area contributed by atoms with Crippen molar-refractivity contribution < 1.29 is 19.4 Å². The maximum Gasteiger partial charge on any atom is 0.236 e. The summed E-state index contributed by atoms with van der Waals surface area (Å²) in [6, 6.07) is 0. The average Bonchev–Trinajstić information content (AvgIpc) is 2.44. The molecule has 2 N–H and O–H groups in total. The number of nitrogens with one attached hydrogen (secondary N) is 1. The van der Waals surface area contributed by atoms with Gasteiger partial charge in [0.25, 0.3) is 0 Å². The number of aliphatic hydroxyl groups excluding tert-OH is 1. The van der Waals surface area contributed by atoms with Crippen LogP contribution in [0.15, 0.2) is 0 Å². The number of amides is 1. The second kappa shape index (κ2) is 10.1. The van der Waals surface area contributed by atoms with Crippen molar-refractivity contribution in [3.8, 4) is 0 Å². The first-order valence-electron chi connectivity index (χ1n) is 6.97. The van der Waals surface area contributed by atoms with E-state index in [0.717, 1.165) is 25.9 Å². The van der Waals surface area contributed by atoms with Crippen molar-refractivity contribution in [1.82, 2.24) is 10.2 Å². The summed E-state index contributed by atoms with van der Waals surface area (Å²) in [5.41, 5.74) is 0. The number of likely N-dealkylation sites (tertiary alicyclic amines) is 1. The van der Waals surface area contributed by atoms with E-state index in [1.165, 1.54) is 6.42 Å². The number of aliphatic hydroxyl groups is 1. The Balaban J connectivity index is 2.00. The van der Waals surface area contributed by atoms with E-state index in [1.54, 1.807) is 7.11 Å². The minimum atomic E-state index is -0.592. The fourth-order valence-corrected chi connectivity index (χ4v) is 2.02. The summed E-state index contributed by atoms with van der Waals surface area (Å²) < 4.78 is 10.0. The third-order valence-electron chi connectivity index (χ3n) is 3.11. The zero-order valence-corrected chi connectivity index (χ0v) is 11.8. The lowest BCUT2D eigenvalue weighted by Gasteiger charge is -2.27. The Morgan fingerprint density at radius 1 is 1.32 bits per heavy atom. The second-order valence-corrected chi connectivity index (χ2v) is 4.79. The van der Waals surface area contributed by atoms with Gasteiger partial charge in [0.2, 0.25) is 5.91 Å². The number of nitrogens with zero attached hydrogens (tertiary/aromatic N) is 1. The normalized spacial score (nSPS) is 17.5. The zero-order valence-electron chi connectivity index (χ0n) is 11.8. The molecule has 1 aliphatic heterocycles. The monoisotopic (exact) mass is 274 g/mol. The maximum absolute atomic E-state index is 11.8. The Hall–Kier alpha value is -0.690. The highest BCUT2D eigenvalue weighted by Gasteiger charge is 2.16. The molecule has 0 spiro atoms. The van der Waals surface area contributed by atoms with Gasteiger partial charge >= 0.3 is 0 Å². The van der Waals surface area contributed by atoms with E-state index in [4.69, 9.17) is 9.47 Å². The summed E-state index contributed by atoms with van der Waals surface area (Å²) in [4.78, 5) is 13.7. The van der Waals surface area contributed by atoms with E-state index in [0.29, 0.717) is 19.8 Å². The summed E-state index contributed by atoms with van der Waals surface area (Å²) in [6.07, 6.45) is 2.82. The molecule has 1 atom stereocenters. The predicted octanol–water partition coefficient (Wildman–Crippen LogP) is -0.388. The van der Waals surface area contributed by atoms with Gasteiger partial charge in [0.05, 0.1) is 32.5 Å². The number of rotatable bonds is 9. The van der Waals surface area contributed by atoms with Crippen LogP contribution in [0.4, 0.5) is 0 Å². The molecule has 0 aromatic rings. The maximum atomic E-state index is 11.8. The highest BCUT2D eigenvalue weighted by atomic mass is 16.5. The van der Waals surface area contributed by atoms with Crippen LogP contribution in [-0.4, -0.2) is 75.1 Å². The average molecular weight is 274 g/mol. The van der Waals surface area contributed by atoms with Gasteiger partial charge in [0.1, 0.15) is 0 Å². The first kappa shape index (κ1) is 16.4. The number of hydrogen-bond acceptors (Lipinski definition) is 5. The molecule has 6 heteroatoms. The van der Waals surface area contributed by atoms with Gasteiger partial charge in [-0.15, -0.1) is 0 Å². The molecule has 1 unspecified atom stereocenters. The van der Waals surface area contributed by atoms with E-state index in [1.807, 2.05) is 4.90 Å². The van der Waals surface area contributed by atoms with Crippen LogP contribution in [0.5, 0.6) is 0 Å². The zero-order chi connectivity index (χ0) is 13.9. The molecular weight excluding hydrogens is 248 g/mol. The molecule has 0 aromatic carbocycles. The lowest BCUT2D eigenvalue weighted by Crippen LogP contribution is -2.43. The van der Waals surface area contributed by atoms with Crippen LogP contribution in [0.1, 0.15) is 19.3 Å². The van der Waals surface area contributed by atoms with Gasteiger partial charge in [-0.2, -0.15) is 0 Å². The molecule has 1 fully saturated rings. The first-order valence-corrected chi connectivity index (χ1v) is 6.97. The van der Waals surface area contributed by atoms with Crippen molar-refractivity contribution in [2.45, 2.75) is 25.4 Å². The lowest BCUT2D eigenvalue weighted by atomic mass is 10.1. The molecule has 1 aliphatic rings. The van der Waals surface area contributed by atoms with Gasteiger partial charge in [-0.05, 0) is 19.3 Å². The van der Waals surface area contributed by atoms with Gasteiger partial charge < -0.3 is 24.8 Å². The van der Waals surface area contributed by atoms with E-state index >= 15 is 0 Å². The smallest absolute Gasteiger partial charge is 0.236 e. The van der Waals surface area contributed by atoms with Gasteiger partial charge in [-0.25, -0.2) is 0 Å². The van der Waals surface area contributed by atoms with Gasteiger partial charge in [0.15, 0.2) is 0 Å². The topological polar surface area (TPSA) is 71.0 Å². The number of hydrogen-bond donors (Lipinski definition) is 2. The summed E-state index contributed by atoms with van der Waals surface area (Å²) >= 11 is 0. The van der Waals surface area contributed by atoms with Gasteiger partial charge in [-0.3, -0.25) is 4.79 Å². The number of ether oxygens (including phenoxy) is 2. The number of carbonyl (C=O) groups is 1. The number of piperidine rings is 1. The summed E-state index contributed by atoms with van der Waals surface area (Å²) in [7, 11) is 1.60. The molecule has 0 aliphatic carbocycles. The van der Waals surface area contributed by atoms with Crippen molar-refractivity contribution in [2.24, 2.45) is 0 Å². The fourth-order valence-electron chi connectivity index (χ4n) is 2.02. The molecule has 0 aromatic heterocycles. The molecule has 0 bridgehead atoms. The molecule has 112 valence electrons. The van der Waals surface area contributed by atoms with Crippen LogP contribution in [0.25, 0.3) is 0 Å². The van der Waals surface area contributed by atoms with E-state index in [-0.39, 0.29) is 19.1 Å². The minimum Gasteiger partial charge on any atom is -0.389 e. The Bertz CT molecular complexity index is 245. The third-order valence-corrected chi connectivity index (χ3v) is 3.11. The van der Waals surface area contributed by atoms with Crippen LogP contribution in [0, 0.1) is 0 Å². The van der Waals surface area contributed by atoms with E-state index in [2.05, 4.69) is 5.32 Å². The Labute approximate surface area is 115 Å². The van der Waals surface area contributed by atoms with Crippen LogP contribution >= 0.6 is 0 Å². The van der Waals surface area contributed by atoms with E-state index < -0.39 is 6.10 Å². The Kier molecular flexibility index (Phi) is 8.73. The lowest BCUT2D eigenvalue weighted by molar-refractivity contribution is -0.131. The number of carbonyl (C=O) groups excluding carboxylic acids is 1. The highest BCUT2D eigenvalue weighted by Crippen LogP contribution is 2.08.